The third-order valence-electron chi connectivity index (χ3n) is 3.27. The molecule has 0 radical (unpaired) electrons. The summed E-state index contributed by atoms with van der Waals surface area (Å²) < 4.78 is 0. The van der Waals surface area contributed by atoms with Gasteiger partial charge >= 0.3 is 5.84 Å². The third-order valence-corrected chi connectivity index (χ3v) is 4.38. The standard InChI is InChI=1S/C15H15N7S/c16-13(11-4-2-6-23-11)22-15(18)12-14(17)20-8-10(21-12)9-3-1-5-19-7-9/h1-3,5-8,11H,4H2,(H2,17,20)(H3,16,18,22)/p+1. The molecule has 1 aliphatic heterocycles. The molecule has 6 N–H and O–H groups in total. The van der Waals surface area contributed by atoms with Gasteiger partial charge in [-0.2, -0.15) is 0 Å². The van der Waals surface area contributed by atoms with Gasteiger partial charge in [0.05, 0.1) is 17.1 Å². The maximum absolute atomic E-state index is 6.03. The fourth-order valence-electron chi connectivity index (χ4n) is 2.08. The van der Waals surface area contributed by atoms with Gasteiger partial charge in [-0.15, -0.1) is 11.8 Å². The lowest BCUT2D eigenvalue weighted by Gasteiger charge is -2.04. The second-order valence-electron chi connectivity index (χ2n) is 4.88. The number of nitrogens with two attached hydrogens (primary N) is 3. The largest absolute Gasteiger partial charge is 0.382 e. The first-order valence-electron chi connectivity index (χ1n) is 6.95. The fraction of sp³-hybridized carbons (Fsp3) is 0.133. The Morgan fingerprint density at radius 2 is 2.26 bits per heavy atom. The van der Waals surface area contributed by atoms with Crippen LogP contribution in [0.25, 0.3) is 11.3 Å². The number of nitrogens with zero attached hydrogens (tertiary/aromatic N) is 4. The van der Waals surface area contributed by atoms with Crippen LogP contribution in [0.4, 0.5) is 5.82 Å². The van der Waals surface area contributed by atoms with Crippen LogP contribution in [-0.4, -0.2) is 31.9 Å². The van der Waals surface area contributed by atoms with E-state index in [0.717, 1.165) is 12.0 Å². The van der Waals surface area contributed by atoms with Gasteiger partial charge in [0.2, 0.25) is 5.84 Å². The molecular formula is C15H16N7S+. The van der Waals surface area contributed by atoms with Crippen molar-refractivity contribution in [3.8, 4) is 11.3 Å². The minimum atomic E-state index is 0.101. The van der Waals surface area contributed by atoms with E-state index in [-0.39, 0.29) is 16.9 Å². The lowest BCUT2D eigenvalue weighted by atomic mass is 10.2. The number of aromatic nitrogens is 3. The monoisotopic (exact) mass is 326 g/mol. The molecule has 2 aromatic heterocycles. The van der Waals surface area contributed by atoms with E-state index in [9.17, 15) is 0 Å². The van der Waals surface area contributed by atoms with Crippen molar-refractivity contribution in [2.45, 2.75) is 11.7 Å². The fourth-order valence-corrected chi connectivity index (χ4v) is 2.91. The van der Waals surface area contributed by atoms with E-state index >= 15 is 0 Å². The van der Waals surface area contributed by atoms with Crippen molar-refractivity contribution in [2.75, 3.05) is 5.73 Å². The predicted octanol–water partition coefficient (Wildman–Crippen LogP) is 0.00290. The lowest BCUT2D eigenvalue weighted by molar-refractivity contribution is -0.114. The molecule has 2 aromatic rings. The highest BCUT2D eigenvalue weighted by atomic mass is 32.2. The zero-order valence-corrected chi connectivity index (χ0v) is 13.1. The quantitative estimate of drug-likeness (QED) is 0.538. The van der Waals surface area contributed by atoms with E-state index in [4.69, 9.17) is 16.9 Å². The Labute approximate surface area is 137 Å². The van der Waals surface area contributed by atoms with Gasteiger partial charge in [0, 0.05) is 18.0 Å². The number of thioether (sulfide) groups is 1. The SMILES string of the molecule is NC(=NC(=[NH2+])c1nc(-c2cccnc2)cnc1N)C1CC=CS1. The maximum atomic E-state index is 6.03. The second-order valence-corrected chi connectivity index (χ2v) is 6.00. The zero-order chi connectivity index (χ0) is 16.2. The van der Waals surface area contributed by atoms with E-state index < -0.39 is 0 Å². The summed E-state index contributed by atoms with van der Waals surface area (Å²) in [6.45, 7) is 0. The van der Waals surface area contributed by atoms with Gasteiger partial charge in [0.25, 0.3) is 0 Å². The number of rotatable bonds is 3. The summed E-state index contributed by atoms with van der Waals surface area (Å²) in [5.41, 5.74) is 13.7. The van der Waals surface area contributed by atoms with Gasteiger partial charge in [0.15, 0.2) is 11.5 Å². The van der Waals surface area contributed by atoms with E-state index in [1.54, 1.807) is 30.4 Å². The maximum Gasteiger partial charge on any atom is 0.346 e. The number of amidine groups is 2. The number of hydrogen-bond acceptors (Lipinski definition) is 5. The molecule has 0 fully saturated rings. The Balaban J connectivity index is 1.89. The van der Waals surface area contributed by atoms with Crippen LogP contribution in [0.1, 0.15) is 12.1 Å². The molecule has 0 amide bonds. The highest BCUT2D eigenvalue weighted by Gasteiger charge is 2.23. The Hall–Kier alpha value is -2.74. The smallest absolute Gasteiger partial charge is 0.346 e. The van der Waals surface area contributed by atoms with Crippen molar-refractivity contribution < 1.29 is 5.41 Å². The number of pyridine rings is 1. The third kappa shape index (κ3) is 3.37. The Kier molecular flexibility index (Phi) is 4.33. The van der Waals surface area contributed by atoms with E-state index in [1.165, 1.54) is 0 Å². The first-order valence-corrected chi connectivity index (χ1v) is 7.89. The van der Waals surface area contributed by atoms with Crippen LogP contribution in [-0.2, 0) is 0 Å². The van der Waals surface area contributed by atoms with Gasteiger partial charge in [-0.05, 0) is 29.0 Å². The summed E-state index contributed by atoms with van der Waals surface area (Å²) in [4.78, 5) is 16.9. The molecule has 116 valence electrons. The summed E-state index contributed by atoms with van der Waals surface area (Å²) in [6, 6.07) is 3.70. The molecular weight excluding hydrogens is 310 g/mol. The molecule has 0 saturated heterocycles. The molecule has 0 saturated carbocycles. The van der Waals surface area contributed by atoms with Gasteiger partial charge in [-0.3, -0.25) is 10.4 Å². The number of aliphatic imine (C=N–C) groups is 1. The predicted molar refractivity (Wildman–Crippen MR) is 92.5 cm³/mol. The molecule has 3 heterocycles. The van der Waals surface area contributed by atoms with E-state index in [1.807, 2.05) is 23.6 Å². The van der Waals surface area contributed by atoms with E-state index in [2.05, 4.69) is 19.9 Å². The molecule has 1 unspecified atom stereocenters. The van der Waals surface area contributed by atoms with Gasteiger partial charge in [0.1, 0.15) is 0 Å². The molecule has 0 aromatic carbocycles. The van der Waals surface area contributed by atoms with Crippen LogP contribution in [0.2, 0.25) is 0 Å². The Morgan fingerprint density at radius 3 is 2.96 bits per heavy atom. The molecule has 1 atom stereocenters. The number of hydrogen-bond donors (Lipinski definition) is 3. The number of anilines is 1. The molecule has 7 nitrogen and oxygen atoms in total. The molecule has 23 heavy (non-hydrogen) atoms. The van der Waals surface area contributed by atoms with Crippen molar-refractivity contribution in [1.29, 1.82) is 0 Å². The molecule has 0 spiro atoms. The van der Waals surface area contributed by atoms with Crippen molar-refractivity contribution >= 4 is 29.3 Å². The molecule has 1 aliphatic rings. The van der Waals surface area contributed by atoms with Crippen LogP contribution < -0.4 is 16.9 Å². The molecule has 0 aliphatic carbocycles. The molecule has 3 rings (SSSR count). The van der Waals surface area contributed by atoms with Crippen molar-refractivity contribution in [2.24, 2.45) is 10.7 Å². The van der Waals surface area contributed by atoms with Gasteiger partial charge in [-0.25, -0.2) is 9.97 Å². The van der Waals surface area contributed by atoms with Crippen LogP contribution in [0.3, 0.4) is 0 Å². The van der Waals surface area contributed by atoms with Crippen LogP contribution in [0, 0.1) is 0 Å². The minimum Gasteiger partial charge on any atom is -0.382 e. The van der Waals surface area contributed by atoms with Crippen molar-refractivity contribution in [3.63, 3.8) is 0 Å². The van der Waals surface area contributed by atoms with Crippen molar-refractivity contribution in [3.05, 3.63) is 47.9 Å². The first-order chi connectivity index (χ1) is 11.1. The van der Waals surface area contributed by atoms with Crippen LogP contribution >= 0.6 is 11.8 Å². The van der Waals surface area contributed by atoms with Crippen LogP contribution in [0.5, 0.6) is 0 Å². The number of nitrogen functional groups attached to an aromatic ring is 1. The highest BCUT2D eigenvalue weighted by molar-refractivity contribution is 8.03. The zero-order valence-electron chi connectivity index (χ0n) is 12.3. The molecule has 8 heteroatoms. The normalized spacial score (nSPS) is 17.4. The summed E-state index contributed by atoms with van der Waals surface area (Å²) in [5.74, 6) is 0.820. The van der Waals surface area contributed by atoms with Gasteiger partial charge < -0.3 is 11.5 Å². The summed E-state index contributed by atoms with van der Waals surface area (Å²) in [5, 5.41) is 8.13. The van der Waals surface area contributed by atoms with Crippen molar-refractivity contribution in [1.82, 2.24) is 15.0 Å². The Morgan fingerprint density at radius 1 is 1.39 bits per heavy atom. The average Bonchev–Trinajstić information content (AvgIpc) is 3.10. The summed E-state index contributed by atoms with van der Waals surface area (Å²) in [7, 11) is 0. The summed E-state index contributed by atoms with van der Waals surface area (Å²) in [6.07, 6.45) is 7.84. The lowest BCUT2D eigenvalue weighted by Crippen LogP contribution is -2.42. The van der Waals surface area contributed by atoms with Crippen LogP contribution in [0.15, 0.2) is 47.2 Å². The summed E-state index contributed by atoms with van der Waals surface area (Å²) >= 11 is 1.61. The highest BCUT2D eigenvalue weighted by Crippen LogP contribution is 2.24. The van der Waals surface area contributed by atoms with E-state index in [0.29, 0.717) is 17.2 Å². The number of allylic oxidation sites excluding steroid dienone is 1. The molecule has 0 bridgehead atoms. The topological polar surface area (TPSA) is 129 Å². The minimum absolute atomic E-state index is 0.101. The van der Waals surface area contributed by atoms with Gasteiger partial charge in [-0.1, -0.05) is 6.08 Å². The second kappa shape index (κ2) is 6.57. The Bertz CT molecular complexity index is 778. The average molecular weight is 326 g/mol. The first kappa shape index (κ1) is 15.2.